The first-order valence-electron chi connectivity index (χ1n) is 10.3. The van der Waals surface area contributed by atoms with Gasteiger partial charge in [0.1, 0.15) is 12.1 Å². The SMILES string of the molecule is COc1ncnc(N(C)C)c1C(CC(=O)N1C[C@H](C)C[C@H](C)C1)c1ccccc1. The van der Waals surface area contributed by atoms with Crippen molar-refractivity contribution in [1.29, 1.82) is 0 Å². The smallest absolute Gasteiger partial charge is 0.223 e. The maximum atomic E-state index is 13.4. The van der Waals surface area contributed by atoms with Crippen LogP contribution in [0.25, 0.3) is 0 Å². The maximum Gasteiger partial charge on any atom is 0.223 e. The van der Waals surface area contributed by atoms with E-state index in [1.54, 1.807) is 7.11 Å². The molecule has 6 heteroatoms. The van der Waals surface area contributed by atoms with Crippen molar-refractivity contribution in [3.8, 4) is 5.88 Å². The van der Waals surface area contributed by atoms with Gasteiger partial charge >= 0.3 is 0 Å². The summed E-state index contributed by atoms with van der Waals surface area (Å²) in [5.74, 6) is 2.36. The molecule has 3 atom stereocenters. The molecule has 1 saturated heterocycles. The third-order valence-electron chi connectivity index (χ3n) is 5.59. The lowest BCUT2D eigenvalue weighted by atomic mass is 9.87. The van der Waals surface area contributed by atoms with E-state index >= 15 is 0 Å². The minimum Gasteiger partial charge on any atom is -0.481 e. The Kier molecular flexibility index (Phi) is 6.72. The van der Waals surface area contributed by atoms with Crippen LogP contribution < -0.4 is 9.64 Å². The fourth-order valence-corrected chi connectivity index (χ4v) is 4.44. The molecule has 1 aromatic carbocycles. The molecule has 1 aliphatic rings. The van der Waals surface area contributed by atoms with Gasteiger partial charge in [-0.15, -0.1) is 0 Å². The van der Waals surface area contributed by atoms with Crippen molar-refractivity contribution >= 4 is 11.7 Å². The maximum absolute atomic E-state index is 13.4. The fraction of sp³-hybridized carbons (Fsp3) is 0.522. The molecule has 0 N–H and O–H groups in total. The zero-order valence-electron chi connectivity index (χ0n) is 18.1. The molecule has 0 aliphatic carbocycles. The van der Waals surface area contributed by atoms with Gasteiger partial charge in [0.05, 0.1) is 12.7 Å². The summed E-state index contributed by atoms with van der Waals surface area (Å²) in [6.07, 6.45) is 3.06. The molecule has 156 valence electrons. The second kappa shape index (κ2) is 9.25. The van der Waals surface area contributed by atoms with E-state index in [4.69, 9.17) is 4.74 Å². The summed E-state index contributed by atoms with van der Waals surface area (Å²) in [5.41, 5.74) is 1.92. The molecule has 0 spiro atoms. The number of hydrogen-bond acceptors (Lipinski definition) is 5. The summed E-state index contributed by atoms with van der Waals surface area (Å²) in [7, 11) is 5.51. The Morgan fingerprint density at radius 1 is 1.17 bits per heavy atom. The van der Waals surface area contributed by atoms with E-state index in [1.165, 1.54) is 12.7 Å². The lowest BCUT2D eigenvalue weighted by molar-refractivity contribution is -0.134. The molecule has 0 saturated carbocycles. The third kappa shape index (κ3) is 4.86. The van der Waals surface area contributed by atoms with Crippen LogP contribution in [0.5, 0.6) is 5.88 Å². The van der Waals surface area contributed by atoms with Crippen LogP contribution in [0.4, 0.5) is 5.82 Å². The standard InChI is InChI=1S/C23H32N4O2/c1-16-11-17(2)14-27(13-16)20(28)12-19(18-9-7-6-8-10-18)21-22(26(3)4)24-15-25-23(21)29-5/h6-10,15-17,19H,11-14H2,1-5H3/t16-,17+,19?. The number of hydrogen-bond donors (Lipinski definition) is 0. The molecule has 1 aromatic heterocycles. The van der Waals surface area contributed by atoms with Crippen LogP contribution in [0.15, 0.2) is 36.7 Å². The Morgan fingerprint density at radius 2 is 1.83 bits per heavy atom. The molecule has 1 fully saturated rings. The molecule has 0 radical (unpaired) electrons. The Balaban J connectivity index is 2.00. The Bertz CT molecular complexity index is 815. The molecule has 2 aromatic rings. The summed E-state index contributed by atoms with van der Waals surface area (Å²) in [6.45, 7) is 6.10. The van der Waals surface area contributed by atoms with E-state index in [1.807, 2.05) is 42.1 Å². The second-order valence-electron chi connectivity index (χ2n) is 8.43. The summed E-state index contributed by atoms with van der Waals surface area (Å²) in [4.78, 5) is 26.2. The van der Waals surface area contributed by atoms with Crippen molar-refractivity contribution in [2.45, 2.75) is 32.6 Å². The van der Waals surface area contributed by atoms with Crippen molar-refractivity contribution in [3.05, 3.63) is 47.8 Å². The number of piperidine rings is 1. The first-order valence-corrected chi connectivity index (χ1v) is 10.3. The van der Waals surface area contributed by atoms with Crippen LogP contribution in [0.3, 0.4) is 0 Å². The number of aromatic nitrogens is 2. The van der Waals surface area contributed by atoms with Crippen LogP contribution in [0.2, 0.25) is 0 Å². The number of anilines is 1. The average Bonchev–Trinajstić information content (AvgIpc) is 2.71. The quantitative estimate of drug-likeness (QED) is 0.747. The molecule has 1 aliphatic heterocycles. The van der Waals surface area contributed by atoms with E-state index in [2.05, 4.69) is 35.9 Å². The van der Waals surface area contributed by atoms with Crippen LogP contribution in [-0.2, 0) is 4.79 Å². The van der Waals surface area contributed by atoms with Crippen molar-refractivity contribution in [2.24, 2.45) is 11.8 Å². The number of nitrogens with zero attached hydrogens (tertiary/aromatic N) is 4. The van der Waals surface area contributed by atoms with Gasteiger partial charge < -0.3 is 14.5 Å². The number of ether oxygens (including phenoxy) is 1. The van der Waals surface area contributed by atoms with Crippen LogP contribution >= 0.6 is 0 Å². The molecule has 6 nitrogen and oxygen atoms in total. The minimum atomic E-state index is -0.176. The number of rotatable bonds is 6. The van der Waals surface area contributed by atoms with Gasteiger partial charge in [-0.25, -0.2) is 9.97 Å². The highest BCUT2D eigenvalue weighted by Gasteiger charge is 2.31. The molecule has 2 heterocycles. The number of likely N-dealkylation sites (tertiary alicyclic amines) is 1. The van der Waals surface area contributed by atoms with Crippen LogP contribution in [-0.4, -0.2) is 55.1 Å². The monoisotopic (exact) mass is 396 g/mol. The van der Waals surface area contributed by atoms with Crippen molar-refractivity contribution in [1.82, 2.24) is 14.9 Å². The van der Waals surface area contributed by atoms with E-state index < -0.39 is 0 Å². The van der Waals surface area contributed by atoms with Gasteiger partial charge in [-0.2, -0.15) is 0 Å². The van der Waals surface area contributed by atoms with Crippen LogP contribution in [0.1, 0.15) is 43.7 Å². The number of amides is 1. The van der Waals surface area contributed by atoms with E-state index in [0.717, 1.165) is 30.0 Å². The highest BCUT2D eigenvalue weighted by molar-refractivity contribution is 5.78. The van der Waals surface area contributed by atoms with Crippen LogP contribution in [0, 0.1) is 11.8 Å². The molecular weight excluding hydrogens is 364 g/mol. The Hall–Kier alpha value is -2.63. The predicted octanol–water partition coefficient (Wildman–Crippen LogP) is 3.58. The lowest BCUT2D eigenvalue weighted by Gasteiger charge is -2.36. The third-order valence-corrected chi connectivity index (χ3v) is 5.59. The lowest BCUT2D eigenvalue weighted by Crippen LogP contribution is -2.43. The van der Waals surface area contributed by atoms with E-state index in [-0.39, 0.29) is 11.8 Å². The molecule has 1 amide bonds. The van der Waals surface area contributed by atoms with Crippen molar-refractivity contribution < 1.29 is 9.53 Å². The molecular formula is C23H32N4O2. The van der Waals surface area contributed by atoms with Gasteiger partial charge in [-0.3, -0.25) is 4.79 Å². The number of methoxy groups -OCH3 is 1. The molecule has 1 unspecified atom stereocenters. The number of benzene rings is 1. The zero-order valence-corrected chi connectivity index (χ0v) is 18.1. The summed E-state index contributed by atoms with van der Waals surface area (Å²) in [6, 6.07) is 10.1. The van der Waals surface area contributed by atoms with Crippen molar-refractivity contribution in [2.75, 3.05) is 39.2 Å². The summed E-state index contributed by atoms with van der Waals surface area (Å²) in [5, 5.41) is 0. The second-order valence-corrected chi connectivity index (χ2v) is 8.43. The molecule has 0 bridgehead atoms. The van der Waals surface area contributed by atoms with Gasteiger partial charge in [-0.05, 0) is 23.8 Å². The van der Waals surface area contributed by atoms with E-state index in [0.29, 0.717) is 24.1 Å². The van der Waals surface area contributed by atoms with Gasteiger partial charge in [0.25, 0.3) is 0 Å². The Morgan fingerprint density at radius 3 is 2.41 bits per heavy atom. The predicted molar refractivity (Wildman–Crippen MR) is 115 cm³/mol. The normalized spacial score (nSPS) is 20.2. The topological polar surface area (TPSA) is 58.6 Å². The first-order chi connectivity index (χ1) is 13.9. The first kappa shape index (κ1) is 21.1. The summed E-state index contributed by atoms with van der Waals surface area (Å²) < 4.78 is 5.60. The van der Waals surface area contributed by atoms with Gasteiger partial charge in [0.2, 0.25) is 11.8 Å². The highest BCUT2D eigenvalue weighted by Crippen LogP contribution is 2.39. The molecule has 3 rings (SSSR count). The largest absolute Gasteiger partial charge is 0.481 e. The summed E-state index contributed by atoms with van der Waals surface area (Å²) >= 11 is 0. The van der Waals surface area contributed by atoms with Gasteiger partial charge in [0.15, 0.2) is 0 Å². The highest BCUT2D eigenvalue weighted by atomic mass is 16.5. The van der Waals surface area contributed by atoms with Gasteiger partial charge in [0, 0.05) is 39.5 Å². The minimum absolute atomic E-state index is 0.174. The average molecular weight is 397 g/mol. The van der Waals surface area contributed by atoms with Gasteiger partial charge in [-0.1, -0.05) is 44.2 Å². The fourth-order valence-electron chi connectivity index (χ4n) is 4.44. The number of carbonyl (C=O) groups is 1. The number of carbonyl (C=O) groups excluding carboxylic acids is 1. The molecule has 29 heavy (non-hydrogen) atoms. The Labute approximate surface area is 173 Å². The zero-order chi connectivity index (χ0) is 21.0. The van der Waals surface area contributed by atoms with E-state index in [9.17, 15) is 4.79 Å². The van der Waals surface area contributed by atoms with Crippen molar-refractivity contribution in [3.63, 3.8) is 0 Å².